The van der Waals surface area contributed by atoms with E-state index in [1.165, 1.54) is 0 Å². The molecule has 5 heteroatoms. The largest absolute Gasteiger partial charge is 0.337 e. The topological polar surface area (TPSA) is 35.6 Å². The van der Waals surface area contributed by atoms with Gasteiger partial charge in [-0.2, -0.15) is 0 Å². The van der Waals surface area contributed by atoms with E-state index < -0.39 is 0 Å². The molecular formula is C15H20ClN3O. The summed E-state index contributed by atoms with van der Waals surface area (Å²) in [6.45, 7) is 6.00. The number of hydrogen-bond acceptors (Lipinski definition) is 3. The number of benzene rings is 1. The zero-order valence-electron chi connectivity index (χ0n) is 11.5. The van der Waals surface area contributed by atoms with E-state index in [0.29, 0.717) is 11.1 Å². The summed E-state index contributed by atoms with van der Waals surface area (Å²) < 4.78 is 0. The second kappa shape index (κ2) is 6.12. The highest BCUT2D eigenvalue weighted by molar-refractivity contribution is 6.30. The van der Waals surface area contributed by atoms with Gasteiger partial charge in [0.15, 0.2) is 0 Å². The molecule has 20 heavy (non-hydrogen) atoms. The lowest BCUT2D eigenvalue weighted by atomic mass is 10.2. The summed E-state index contributed by atoms with van der Waals surface area (Å²) in [5.41, 5.74) is 0.732. The van der Waals surface area contributed by atoms with Gasteiger partial charge in [0.25, 0.3) is 5.91 Å². The average Bonchev–Trinajstić information content (AvgIpc) is 2.98. The molecule has 0 aliphatic carbocycles. The van der Waals surface area contributed by atoms with Crippen molar-refractivity contribution in [2.75, 3.05) is 39.3 Å². The number of nitrogens with one attached hydrogen (secondary N) is 1. The van der Waals surface area contributed by atoms with E-state index in [2.05, 4.69) is 10.2 Å². The predicted octanol–water partition coefficient (Wildman–Crippen LogP) is 1.46. The lowest BCUT2D eigenvalue weighted by Gasteiger charge is -2.32. The Labute approximate surface area is 124 Å². The van der Waals surface area contributed by atoms with Gasteiger partial charge in [-0.05, 0) is 30.7 Å². The van der Waals surface area contributed by atoms with E-state index >= 15 is 0 Å². The molecule has 2 heterocycles. The fraction of sp³-hybridized carbons (Fsp3) is 0.533. The van der Waals surface area contributed by atoms with E-state index in [0.717, 1.165) is 51.3 Å². The van der Waals surface area contributed by atoms with E-state index in [4.69, 9.17) is 11.6 Å². The van der Waals surface area contributed by atoms with Crippen molar-refractivity contribution in [1.82, 2.24) is 15.1 Å². The molecule has 0 bridgehead atoms. The highest BCUT2D eigenvalue weighted by Crippen LogP contribution is 2.19. The summed E-state index contributed by atoms with van der Waals surface area (Å²) in [4.78, 5) is 16.9. The minimum absolute atomic E-state index is 0.124. The molecule has 1 amide bonds. The molecule has 0 spiro atoms. The standard InChI is InChI=1S/C15H20ClN3O/c16-13-3-1-12(2-4-13)15(20)19-8-5-14(11-19)18-9-6-17-7-10-18/h1-4,14,17H,5-11H2. The lowest BCUT2D eigenvalue weighted by molar-refractivity contribution is 0.0773. The smallest absolute Gasteiger partial charge is 0.253 e. The van der Waals surface area contributed by atoms with Crippen LogP contribution in [0.4, 0.5) is 0 Å². The summed E-state index contributed by atoms with van der Waals surface area (Å²) >= 11 is 5.86. The third kappa shape index (κ3) is 2.97. The van der Waals surface area contributed by atoms with Gasteiger partial charge in [-0.15, -0.1) is 0 Å². The number of amides is 1. The number of likely N-dealkylation sites (tertiary alicyclic amines) is 1. The fourth-order valence-electron chi connectivity index (χ4n) is 3.05. The normalized spacial score (nSPS) is 24.1. The molecule has 0 saturated carbocycles. The van der Waals surface area contributed by atoms with Gasteiger partial charge in [-0.1, -0.05) is 11.6 Å². The Kier molecular flexibility index (Phi) is 4.24. The highest BCUT2D eigenvalue weighted by atomic mass is 35.5. The van der Waals surface area contributed by atoms with Crippen molar-refractivity contribution in [1.29, 1.82) is 0 Å². The van der Waals surface area contributed by atoms with Crippen molar-refractivity contribution < 1.29 is 4.79 Å². The highest BCUT2D eigenvalue weighted by Gasteiger charge is 2.31. The van der Waals surface area contributed by atoms with Gasteiger partial charge in [0.2, 0.25) is 0 Å². The summed E-state index contributed by atoms with van der Waals surface area (Å²) in [5, 5.41) is 4.04. The summed E-state index contributed by atoms with van der Waals surface area (Å²) in [6, 6.07) is 7.69. The Bertz CT molecular complexity index is 471. The maximum atomic E-state index is 12.4. The molecule has 2 saturated heterocycles. The van der Waals surface area contributed by atoms with Gasteiger partial charge in [-0.25, -0.2) is 0 Å². The number of halogens is 1. The first-order chi connectivity index (χ1) is 9.74. The van der Waals surface area contributed by atoms with Crippen LogP contribution in [0.2, 0.25) is 5.02 Å². The average molecular weight is 294 g/mol. The van der Waals surface area contributed by atoms with E-state index in [-0.39, 0.29) is 5.91 Å². The second-order valence-electron chi connectivity index (χ2n) is 5.49. The second-order valence-corrected chi connectivity index (χ2v) is 5.92. The quantitative estimate of drug-likeness (QED) is 0.897. The molecule has 4 nitrogen and oxygen atoms in total. The summed E-state index contributed by atoms with van der Waals surface area (Å²) in [5.74, 6) is 0.124. The fourth-order valence-corrected chi connectivity index (χ4v) is 3.17. The van der Waals surface area contributed by atoms with E-state index in [1.807, 2.05) is 17.0 Å². The Morgan fingerprint density at radius 2 is 1.85 bits per heavy atom. The summed E-state index contributed by atoms with van der Waals surface area (Å²) in [6.07, 6.45) is 1.08. The molecular weight excluding hydrogens is 274 g/mol. The number of carbonyl (C=O) groups excluding carboxylic acids is 1. The Hall–Kier alpha value is -1.10. The van der Waals surface area contributed by atoms with Crippen LogP contribution in [-0.2, 0) is 0 Å². The maximum Gasteiger partial charge on any atom is 0.253 e. The van der Waals surface area contributed by atoms with Crippen LogP contribution in [0.1, 0.15) is 16.8 Å². The third-order valence-corrected chi connectivity index (χ3v) is 4.46. The summed E-state index contributed by atoms with van der Waals surface area (Å²) in [7, 11) is 0. The Morgan fingerprint density at radius 1 is 1.15 bits per heavy atom. The molecule has 3 rings (SSSR count). The van der Waals surface area contributed by atoms with Crippen molar-refractivity contribution in [2.24, 2.45) is 0 Å². The predicted molar refractivity (Wildman–Crippen MR) is 80.2 cm³/mol. The van der Waals surface area contributed by atoms with Crippen LogP contribution in [0.5, 0.6) is 0 Å². The number of carbonyl (C=O) groups is 1. The molecule has 1 aromatic rings. The molecule has 1 atom stereocenters. The third-order valence-electron chi connectivity index (χ3n) is 4.21. The van der Waals surface area contributed by atoms with Crippen LogP contribution in [-0.4, -0.2) is 61.0 Å². The van der Waals surface area contributed by atoms with Crippen molar-refractivity contribution in [3.05, 3.63) is 34.9 Å². The van der Waals surface area contributed by atoms with E-state index in [1.54, 1.807) is 12.1 Å². The SMILES string of the molecule is O=C(c1ccc(Cl)cc1)N1CCC(N2CCNCC2)C1. The monoisotopic (exact) mass is 293 g/mol. The Morgan fingerprint density at radius 3 is 2.55 bits per heavy atom. The molecule has 2 aliphatic rings. The molecule has 2 aliphatic heterocycles. The van der Waals surface area contributed by atoms with Gasteiger partial charge in [-0.3, -0.25) is 9.69 Å². The van der Waals surface area contributed by atoms with Crippen molar-refractivity contribution in [3.63, 3.8) is 0 Å². The zero-order valence-corrected chi connectivity index (χ0v) is 12.3. The van der Waals surface area contributed by atoms with Gasteiger partial charge in [0.05, 0.1) is 0 Å². The first-order valence-electron chi connectivity index (χ1n) is 7.23. The van der Waals surface area contributed by atoms with Gasteiger partial charge < -0.3 is 10.2 Å². The molecule has 1 aromatic carbocycles. The molecule has 2 fully saturated rings. The van der Waals surface area contributed by atoms with Crippen LogP contribution in [0.15, 0.2) is 24.3 Å². The molecule has 1 unspecified atom stereocenters. The lowest BCUT2D eigenvalue weighted by Crippen LogP contribution is -2.49. The molecule has 108 valence electrons. The van der Waals surface area contributed by atoms with Crippen LogP contribution in [0.3, 0.4) is 0 Å². The van der Waals surface area contributed by atoms with Gasteiger partial charge >= 0.3 is 0 Å². The van der Waals surface area contributed by atoms with Crippen molar-refractivity contribution in [2.45, 2.75) is 12.5 Å². The minimum atomic E-state index is 0.124. The number of rotatable bonds is 2. The first kappa shape index (κ1) is 13.9. The van der Waals surface area contributed by atoms with Crippen LogP contribution >= 0.6 is 11.6 Å². The van der Waals surface area contributed by atoms with Gasteiger partial charge in [0, 0.05) is 55.9 Å². The van der Waals surface area contributed by atoms with E-state index in [9.17, 15) is 4.79 Å². The number of hydrogen-bond donors (Lipinski definition) is 1. The number of piperazine rings is 1. The Balaban J connectivity index is 1.61. The molecule has 1 N–H and O–H groups in total. The first-order valence-corrected chi connectivity index (χ1v) is 7.61. The molecule has 0 radical (unpaired) electrons. The minimum Gasteiger partial charge on any atom is -0.337 e. The maximum absolute atomic E-state index is 12.4. The van der Waals surface area contributed by atoms with Crippen LogP contribution < -0.4 is 5.32 Å². The van der Waals surface area contributed by atoms with Gasteiger partial charge in [0.1, 0.15) is 0 Å². The zero-order chi connectivity index (χ0) is 13.9. The number of nitrogens with zero attached hydrogens (tertiary/aromatic N) is 2. The van der Waals surface area contributed by atoms with Crippen LogP contribution in [0.25, 0.3) is 0 Å². The molecule has 0 aromatic heterocycles. The van der Waals surface area contributed by atoms with Crippen molar-refractivity contribution >= 4 is 17.5 Å². The van der Waals surface area contributed by atoms with Crippen molar-refractivity contribution in [3.8, 4) is 0 Å². The van der Waals surface area contributed by atoms with Crippen LogP contribution in [0, 0.1) is 0 Å².